The lowest BCUT2D eigenvalue weighted by Crippen LogP contribution is -2.20. The maximum absolute atomic E-state index is 5.87. The fourth-order valence-corrected chi connectivity index (χ4v) is 1.99. The quantitative estimate of drug-likeness (QED) is 0.764. The molecule has 15 heavy (non-hydrogen) atoms. The van der Waals surface area contributed by atoms with Crippen molar-refractivity contribution in [2.24, 2.45) is 5.92 Å². The lowest BCUT2D eigenvalue weighted by Gasteiger charge is -2.22. The number of nitrogens with zero attached hydrogens (tertiary/aromatic N) is 1. The maximum atomic E-state index is 5.87. The van der Waals surface area contributed by atoms with Gasteiger partial charge in [-0.2, -0.15) is 0 Å². The Bertz CT molecular complexity index is 335. The molecule has 0 amide bonds. The van der Waals surface area contributed by atoms with Crippen molar-refractivity contribution in [3.63, 3.8) is 0 Å². The van der Waals surface area contributed by atoms with Crippen molar-refractivity contribution in [1.29, 1.82) is 0 Å². The molecule has 0 radical (unpaired) electrons. The van der Waals surface area contributed by atoms with Gasteiger partial charge in [0.05, 0.1) is 5.69 Å². The van der Waals surface area contributed by atoms with E-state index in [1.807, 2.05) is 6.07 Å². The average molecular weight is 207 g/mol. The predicted octanol–water partition coefficient (Wildman–Crippen LogP) is 1.22. The van der Waals surface area contributed by atoms with E-state index in [1.165, 1.54) is 6.42 Å². The number of aromatic nitrogens is 1. The molecule has 4 nitrogen and oxygen atoms in total. The van der Waals surface area contributed by atoms with Gasteiger partial charge in [0, 0.05) is 19.4 Å². The Morgan fingerprint density at radius 3 is 3.07 bits per heavy atom. The van der Waals surface area contributed by atoms with Crippen molar-refractivity contribution in [3.8, 4) is 0 Å². The van der Waals surface area contributed by atoms with E-state index in [1.54, 1.807) is 6.20 Å². The number of nitrogen functional groups attached to an aromatic ring is 2. The highest BCUT2D eigenvalue weighted by Gasteiger charge is 2.16. The molecule has 4 heteroatoms. The first kappa shape index (κ1) is 10.2. The summed E-state index contributed by atoms with van der Waals surface area (Å²) in [5, 5.41) is 0. The highest BCUT2D eigenvalue weighted by Crippen LogP contribution is 2.24. The summed E-state index contributed by atoms with van der Waals surface area (Å²) in [6.45, 7) is 1.73. The summed E-state index contributed by atoms with van der Waals surface area (Å²) in [4.78, 5) is 3.95. The molecular weight excluding hydrogens is 190 g/mol. The molecule has 82 valence electrons. The van der Waals surface area contributed by atoms with Gasteiger partial charge < -0.3 is 16.2 Å². The fourth-order valence-electron chi connectivity index (χ4n) is 1.99. The van der Waals surface area contributed by atoms with Gasteiger partial charge in [0.2, 0.25) is 0 Å². The molecule has 0 aliphatic carbocycles. The van der Waals surface area contributed by atoms with Crippen LogP contribution in [-0.2, 0) is 11.2 Å². The molecule has 1 aromatic heterocycles. The Hall–Kier alpha value is -1.29. The zero-order chi connectivity index (χ0) is 10.7. The van der Waals surface area contributed by atoms with Gasteiger partial charge in [0.1, 0.15) is 5.82 Å². The van der Waals surface area contributed by atoms with Crippen LogP contribution in [0.4, 0.5) is 11.5 Å². The minimum absolute atomic E-state index is 0.434. The molecule has 2 rings (SSSR count). The van der Waals surface area contributed by atoms with Crippen LogP contribution >= 0.6 is 0 Å². The molecule has 0 aromatic carbocycles. The van der Waals surface area contributed by atoms with Crippen LogP contribution in [0, 0.1) is 5.92 Å². The van der Waals surface area contributed by atoms with Gasteiger partial charge in [-0.15, -0.1) is 0 Å². The Balaban J connectivity index is 2.06. The second kappa shape index (κ2) is 4.49. The maximum Gasteiger partial charge on any atom is 0.146 e. The molecule has 0 spiro atoms. The van der Waals surface area contributed by atoms with Gasteiger partial charge in [-0.1, -0.05) is 0 Å². The lowest BCUT2D eigenvalue weighted by atomic mass is 9.94. The van der Waals surface area contributed by atoms with Gasteiger partial charge in [-0.25, -0.2) is 4.98 Å². The monoisotopic (exact) mass is 207 g/mol. The van der Waals surface area contributed by atoms with Crippen LogP contribution in [0.1, 0.15) is 18.4 Å². The van der Waals surface area contributed by atoms with Crippen molar-refractivity contribution in [3.05, 3.63) is 17.8 Å². The second-order valence-electron chi connectivity index (χ2n) is 4.06. The molecule has 1 aliphatic rings. The number of hydrogen-bond acceptors (Lipinski definition) is 4. The number of hydrogen-bond donors (Lipinski definition) is 2. The van der Waals surface area contributed by atoms with E-state index < -0.39 is 0 Å². The van der Waals surface area contributed by atoms with Crippen LogP contribution in [-0.4, -0.2) is 18.2 Å². The zero-order valence-corrected chi connectivity index (χ0v) is 8.78. The Morgan fingerprint density at radius 1 is 1.47 bits per heavy atom. The van der Waals surface area contributed by atoms with E-state index >= 15 is 0 Å². The van der Waals surface area contributed by atoms with Crippen molar-refractivity contribution < 1.29 is 4.74 Å². The van der Waals surface area contributed by atoms with E-state index in [9.17, 15) is 0 Å². The minimum Gasteiger partial charge on any atom is -0.396 e. The van der Waals surface area contributed by atoms with Crippen LogP contribution in [0.3, 0.4) is 0 Å². The van der Waals surface area contributed by atoms with E-state index in [0.29, 0.717) is 17.4 Å². The van der Waals surface area contributed by atoms with E-state index in [2.05, 4.69) is 4.98 Å². The van der Waals surface area contributed by atoms with Crippen LogP contribution in [0.5, 0.6) is 0 Å². The third kappa shape index (κ3) is 2.39. The number of anilines is 2. The first-order valence-electron chi connectivity index (χ1n) is 5.34. The van der Waals surface area contributed by atoms with Crippen molar-refractivity contribution >= 4 is 11.5 Å². The third-order valence-corrected chi connectivity index (χ3v) is 2.87. The summed E-state index contributed by atoms with van der Waals surface area (Å²) >= 11 is 0. The van der Waals surface area contributed by atoms with Crippen LogP contribution < -0.4 is 11.5 Å². The predicted molar refractivity (Wildman–Crippen MR) is 60.3 cm³/mol. The van der Waals surface area contributed by atoms with Gasteiger partial charge in [-0.05, 0) is 36.8 Å². The third-order valence-electron chi connectivity index (χ3n) is 2.87. The lowest BCUT2D eigenvalue weighted by molar-refractivity contribution is 0.0551. The Morgan fingerprint density at radius 2 is 2.33 bits per heavy atom. The first-order chi connectivity index (χ1) is 7.27. The molecule has 2 heterocycles. The van der Waals surface area contributed by atoms with E-state index in [-0.39, 0.29) is 0 Å². The Labute approximate surface area is 89.6 Å². The fraction of sp³-hybridized carbons (Fsp3) is 0.545. The van der Waals surface area contributed by atoms with Gasteiger partial charge in [0.25, 0.3) is 0 Å². The summed E-state index contributed by atoms with van der Waals surface area (Å²) < 4.78 is 5.44. The second-order valence-corrected chi connectivity index (χ2v) is 4.06. The smallest absolute Gasteiger partial charge is 0.146 e. The molecule has 0 saturated carbocycles. The van der Waals surface area contributed by atoms with Crippen LogP contribution in [0.25, 0.3) is 0 Å². The molecule has 1 aromatic rings. The standard InChI is InChI=1S/C11H17N3O/c12-10-9(3-4-14-11(10)13)6-8-2-1-5-15-7-8/h3-4,8H,1-2,5-7,12H2,(H2,13,14). The summed E-state index contributed by atoms with van der Waals surface area (Å²) in [6, 6.07) is 1.94. The topological polar surface area (TPSA) is 74.2 Å². The van der Waals surface area contributed by atoms with Gasteiger partial charge in [-0.3, -0.25) is 0 Å². The summed E-state index contributed by atoms with van der Waals surface area (Å²) in [5.74, 6) is 1.01. The SMILES string of the molecule is Nc1nccc(CC2CCCOC2)c1N. The molecule has 1 fully saturated rings. The minimum atomic E-state index is 0.434. The average Bonchev–Trinajstić information content (AvgIpc) is 2.26. The van der Waals surface area contributed by atoms with Crippen molar-refractivity contribution in [1.82, 2.24) is 4.98 Å². The van der Waals surface area contributed by atoms with Gasteiger partial charge in [0.15, 0.2) is 0 Å². The van der Waals surface area contributed by atoms with Crippen molar-refractivity contribution in [2.75, 3.05) is 24.7 Å². The Kier molecular flexibility index (Phi) is 3.06. The van der Waals surface area contributed by atoms with E-state index in [4.69, 9.17) is 16.2 Å². The summed E-state index contributed by atoms with van der Waals surface area (Å²) in [6.07, 6.45) is 5.01. The molecule has 1 saturated heterocycles. The summed E-state index contributed by atoms with van der Waals surface area (Å²) in [5.41, 5.74) is 13.3. The molecule has 1 atom stereocenters. The molecule has 1 aliphatic heterocycles. The zero-order valence-electron chi connectivity index (χ0n) is 8.78. The number of ether oxygens (including phenoxy) is 1. The first-order valence-corrected chi connectivity index (χ1v) is 5.34. The number of nitrogens with two attached hydrogens (primary N) is 2. The van der Waals surface area contributed by atoms with Crippen LogP contribution in [0.15, 0.2) is 12.3 Å². The number of rotatable bonds is 2. The normalized spacial score (nSPS) is 21.5. The molecule has 4 N–H and O–H groups in total. The molecule has 0 bridgehead atoms. The van der Waals surface area contributed by atoms with Crippen molar-refractivity contribution in [2.45, 2.75) is 19.3 Å². The van der Waals surface area contributed by atoms with Crippen LogP contribution in [0.2, 0.25) is 0 Å². The summed E-state index contributed by atoms with van der Waals surface area (Å²) in [7, 11) is 0. The highest BCUT2D eigenvalue weighted by molar-refractivity contribution is 5.62. The molecule has 1 unspecified atom stereocenters. The van der Waals surface area contributed by atoms with E-state index in [0.717, 1.165) is 31.6 Å². The molecular formula is C11H17N3O. The largest absolute Gasteiger partial charge is 0.396 e. The highest BCUT2D eigenvalue weighted by atomic mass is 16.5. The number of pyridine rings is 1. The van der Waals surface area contributed by atoms with Gasteiger partial charge >= 0.3 is 0 Å².